The highest BCUT2D eigenvalue weighted by Gasteiger charge is 2.34. The van der Waals surface area contributed by atoms with Crippen molar-refractivity contribution in [1.29, 1.82) is 0 Å². The molecule has 3 aromatic rings. The van der Waals surface area contributed by atoms with Crippen molar-refractivity contribution in [3.05, 3.63) is 95.6 Å². The monoisotopic (exact) mass is 549 g/mol. The van der Waals surface area contributed by atoms with E-state index in [-0.39, 0.29) is 17.3 Å². The molecule has 0 radical (unpaired) electrons. The fraction of sp³-hybridized carbons (Fsp3) is 0.355. The molecule has 0 aromatic heterocycles. The van der Waals surface area contributed by atoms with E-state index >= 15 is 0 Å². The standard InChI is InChI=1S/C31H39N3O4S/c1-5-7-21-32-31(36)28(6-2)33(22-26-14-9-8-10-15-26)30(35)23-34(29-16-12-11-13-25(29)4)39(37,38)27-19-17-24(3)18-20-27/h8-20,28H,5-7,21-23H2,1-4H3,(H,32,36)/t28-/m1/s1. The Morgan fingerprint density at radius 1 is 0.872 bits per heavy atom. The van der Waals surface area contributed by atoms with Crippen molar-refractivity contribution >= 4 is 27.5 Å². The zero-order valence-corrected chi connectivity index (χ0v) is 24.1. The van der Waals surface area contributed by atoms with Crippen molar-refractivity contribution in [3.8, 4) is 0 Å². The van der Waals surface area contributed by atoms with Crippen LogP contribution in [-0.2, 0) is 26.2 Å². The van der Waals surface area contributed by atoms with Gasteiger partial charge in [-0.25, -0.2) is 8.42 Å². The third kappa shape index (κ3) is 7.69. The molecule has 0 aliphatic heterocycles. The van der Waals surface area contributed by atoms with Gasteiger partial charge < -0.3 is 10.2 Å². The topological polar surface area (TPSA) is 86.8 Å². The van der Waals surface area contributed by atoms with E-state index < -0.39 is 28.5 Å². The van der Waals surface area contributed by atoms with Gasteiger partial charge >= 0.3 is 0 Å². The minimum Gasteiger partial charge on any atom is -0.354 e. The average Bonchev–Trinajstić information content (AvgIpc) is 2.93. The Labute approximate surface area is 232 Å². The highest BCUT2D eigenvalue weighted by molar-refractivity contribution is 7.92. The number of carbonyl (C=O) groups excluding carboxylic acids is 2. The van der Waals surface area contributed by atoms with E-state index in [9.17, 15) is 18.0 Å². The Kier molecular flexibility index (Phi) is 10.7. The molecular weight excluding hydrogens is 510 g/mol. The maximum absolute atomic E-state index is 14.0. The average molecular weight is 550 g/mol. The summed E-state index contributed by atoms with van der Waals surface area (Å²) >= 11 is 0. The number of unbranched alkanes of at least 4 members (excludes halogenated alkanes) is 1. The highest BCUT2D eigenvalue weighted by atomic mass is 32.2. The second-order valence-corrected chi connectivity index (χ2v) is 11.5. The molecule has 1 N–H and O–H groups in total. The van der Waals surface area contributed by atoms with Crippen LogP contribution in [0.4, 0.5) is 5.69 Å². The van der Waals surface area contributed by atoms with Crippen LogP contribution in [0.2, 0.25) is 0 Å². The molecule has 0 unspecified atom stereocenters. The maximum Gasteiger partial charge on any atom is 0.264 e. The van der Waals surface area contributed by atoms with Crippen molar-refractivity contribution in [1.82, 2.24) is 10.2 Å². The SMILES string of the molecule is CCCCNC(=O)[C@@H](CC)N(Cc1ccccc1)C(=O)CN(c1ccccc1C)S(=O)(=O)c1ccc(C)cc1. The highest BCUT2D eigenvalue weighted by Crippen LogP contribution is 2.27. The predicted octanol–water partition coefficient (Wildman–Crippen LogP) is 5.22. The number of benzene rings is 3. The van der Waals surface area contributed by atoms with Crippen molar-refractivity contribution in [2.24, 2.45) is 0 Å². The van der Waals surface area contributed by atoms with Gasteiger partial charge in [0.05, 0.1) is 10.6 Å². The van der Waals surface area contributed by atoms with Crippen molar-refractivity contribution in [3.63, 3.8) is 0 Å². The predicted molar refractivity (Wildman–Crippen MR) is 156 cm³/mol. The molecule has 0 aliphatic carbocycles. The third-order valence-electron chi connectivity index (χ3n) is 6.68. The van der Waals surface area contributed by atoms with Gasteiger partial charge in [-0.15, -0.1) is 0 Å². The molecule has 0 saturated carbocycles. The molecule has 0 fully saturated rings. The van der Waals surface area contributed by atoms with Crippen LogP contribution >= 0.6 is 0 Å². The van der Waals surface area contributed by atoms with Gasteiger partial charge in [0.25, 0.3) is 10.0 Å². The van der Waals surface area contributed by atoms with Crippen LogP contribution in [0, 0.1) is 13.8 Å². The first-order chi connectivity index (χ1) is 18.7. The summed E-state index contributed by atoms with van der Waals surface area (Å²) in [5.41, 5.74) is 2.93. The zero-order chi connectivity index (χ0) is 28.4. The smallest absolute Gasteiger partial charge is 0.264 e. The van der Waals surface area contributed by atoms with Gasteiger partial charge in [0.15, 0.2) is 0 Å². The van der Waals surface area contributed by atoms with Crippen LogP contribution in [-0.4, -0.2) is 44.3 Å². The van der Waals surface area contributed by atoms with Gasteiger partial charge in [0.2, 0.25) is 11.8 Å². The number of carbonyl (C=O) groups is 2. The summed E-state index contributed by atoms with van der Waals surface area (Å²) < 4.78 is 29.0. The van der Waals surface area contributed by atoms with E-state index in [0.717, 1.165) is 33.8 Å². The lowest BCUT2D eigenvalue weighted by Crippen LogP contribution is -2.52. The lowest BCUT2D eigenvalue weighted by Gasteiger charge is -2.33. The van der Waals surface area contributed by atoms with E-state index in [1.807, 2.05) is 70.2 Å². The third-order valence-corrected chi connectivity index (χ3v) is 8.46. The van der Waals surface area contributed by atoms with Crippen molar-refractivity contribution in [2.75, 3.05) is 17.4 Å². The van der Waals surface area contributed by atoms with Gasteiger partial charge in [-0.1, -0.05) is 86.5 Å². The summed E-state index contributed by atoms with van der Waals surface area (Å²) in [5.74, 6) is -0.686. The Hall–Kier alpha value is -3.65. The second kappa shape index (κ2) is 13.9. The van der Waals surface area contributed by atoms with Gasteiger partial charge in [-0.2, -0.15) is 0 Å². The lowest BCUT2D eigenvalue weighted by molar-refractivity contribution is -0.140. The van der Waals surface area contributed by atoms with Gasteiger partial charge in [0, 0.05) is 13.1 Å². The number of hydrogen-bond acceptors (Lipinski definition) is 4. The molecule has 208 valence electrons. The first kappa shape index (κ1) is 29.9. The first-order valence-corrected chi connectivity index (χ1v) is 14.9. The van der Waals surface area contributed by atoms with Crippen LogP contribution in [0.15, 0.2) is 83.8 Å². The number of rotatable bonds is 13. The van der Waals surface area contributed by atoms with Crippen molar-refractivity contribution < 1.29 is 18.0 Å². The van der Waals surface area contributed by atoms with E-state index in [1.165, 1.54) is 4.90 Å². The number of nitrogens with one attached hydrogen (secondary N) is 1. The molecule has 1 atom stereocenters. The molecule has 3 rings (SSSR count). The molecule has 39 heavy (non-hydrogen) atoms. The lowest BCUT2D eigenvalue weighted by atomic mass is 10.1. The molecule has 8 heteroatoms. The summed E-state index contributed by atoms with van der Waals surface area (Å²) in [5, 5.41) is 2.95. The zero-order valence-electron chi connectivity index (χ0n) is 23.3. The molecule has 7 nitrogen and oxygen atoms in total. The number of aryl methyl sites for hydroxylation is 2. The maximum atomic E-state index is 14.0. The second-order valence-electron chi connectivity index (χ2n) is 9.69. The summed E-state index contributed by atoms with van der Waals surface area (Å²) in [6.07, 6.45) is 2.17. The molecule has 0 heterocycles. The first-order valence-electron chi connectivity index (χ1n) is 13.4. The Balaban J connectivity index is 2.03. The number of para-hydroxylation sites is 1. The van der Waals surface area contributed by atoms with Crippen LogP contribution in [0.5, 0.6) is 0 Å². The van der Waals surface area contributed by atoms with Gasteiger partial charge in [-0.05, 0) is 56.0 Å². The fourth-order valence-corrected chi connectivity index (χ4v) is 5.88. The van der Waals surface area contributed by atoms with Crippen molar-refractivity contribution in [2.45, 2.75) is 64.4 Å². The number of amides is 2. The molecule has 0 bridgehead atoms. The number of anilines is 1. The summed E-state index contributed by atoms with van der Waals surface area (Å²) in [4.78, 5) is 28.9. The minimum absolute atomic E-state index is 0.100. The Morgan fingerprint density at radius 2 is 1.51 bits per heavy atom. The molecule has 2 amide bonds. The van der Waals surface area contributed by atoms with E-state index in [4.69, 9.17) is 0 Å². The van der Waals surface area contributed by atoms with E-state index in [2.05, 4.69) is 5.32 Å². The van der Waals surface area contributed by atoms with Crippen LogP contribution in [0.1, 0.15) is 49.8 Å². The van der Waals surface area contributed by atoms with Gasteiger partial charge in [-0.3, -0.25) is 13.9 Å². The normalized spacial score (nSPS) is 12.0. The minimum atomic E-state index is -4.08. The summed E-state index contributed by atoms with van der Waals surface area (Å²) in [6.45, 7) is 7.88. The number of nitrogens with zero attached hydrogens (tertiary/aromatic N) is 2. The molecule has 3 aromatic carbocycles. The van der Waals surface area contributed by atoms with E-state index in [0.29, 0.717) is 18.7 Å². The molecule has 0 saturated heterocycles. The van der Waals surface area contributed by atoms with Gasteiger partial charge in [0.1, 0.15) is 12.6 Å². The molecule has 0 spiro atoms. The molecule has 0 aliphatic rings. The molecular formula is C31H39N3O4S. The summed E-state index contributed by atoms with van der Waals surface area (Å²) in [6, 6.07) is 22.4. The number of sulfonamides is 1. The number of hydrogen-bond donors (Lipinski definition) is 1. The largest absolute Gasteiger partial charge is 0.354 e. The van der Waals surface area contributed by atoms with Crippen LogP contribution in [0.25, 0.3) is 0 Å². The quantitative estimate of drug-likeness (QED) is 0.296. The van der Waals surface area contributed by atoms with Crippen LogP contribution < -0.4 is 9.62 Å². The Bertz CT molecular complexity index is 1340. The Morgan fingerprint density at radius 3 is 2.13 bits per heavy atom. The van der Waals surface area contributed by atoms with E-state index in [1.54, 1.807) is 36.4 Å². The fourth-order valence-electron chi connectivity index (χ4n) is 4.40. The van der Waals surface area contributed by atoms with Crippen LogP contribution in [0.3, 0.4) is 0 Å². The summed E-state index contributed by atoms with van der Waals surface area (Å²) in [7, 11) is -4.08.